The summed E-state index contributed by atoms with van der Waals surface area (Å²) in [6, 6.07) is 12.3. The van der Waals surface area contributed by atoms with Gasteiger partial charge in [-0.05, 0) is 35.4 Å². The van der Waals surface area contributed by atoms with Crippen molar-refractivity contribution >= 4 is 5.97 Å². The highest BCUT2D eigenvalue weighted by atomic mass is 16.5. The Balaban J connectivity index is 2.26. The summed E-state index contributed by atoms with van der Waals surface area (Å²) >= 11 is 0. The van der Waals surface area contributed by atoms with Crippen LogP contribution in [0.15, 0.2) is 42.5 Å². The van der Waals surface area contributed by atoms with Gasteiger partial charge in [-0.2, -0.15) is 0 Å². The van der Waals surface area contributed by atoms with Crippen molar-refractivity contribution in [2.45, 2.75) is 19.3 Å². The van der Waals surface area contributed by atoms with Crippen molar-refractivity contribution in [3.05, 3.63) is 59.2 Å². The predicted octanol–water partition coefficient (Wildman–Crippen LogP) is 3.44. The van der Waals surface area contributed by atoms with Crippen LogP contribution in [0.2, 0.25) is 0 Å². The molecule has 0 saturated carbocycles. The fourth-order valence-corrected chi connectivity index (χ4v) is 2.47. The number of methoxy groups -OCH3 is 1. The molecule has 128 valence electrons. The maximum Gasteiger partial charge on any atom is 0.339 e. The van der Waals surface area contributed by atoms with Gasteiger partial charge >= 0.3 is 5.97 Å². The third kappa shape index (κ3) is 3.86. The lowest BCUT2D eigenvalue weighted by Gasteiger charge is -2.26. The largest absolute Gasteiger partial charge is 0.507 e. The number of carbonyl (C=O) groups is 1. The lowest BCUT2D eigenvalue weighted by molar-refractivity contribution is 0.0693. The topological polar surface area (TPSA) is 76.0 Å². The normalized spacial score (nSPS) is 11.3. The molecule has 0 fully saturated rings. The second kappa shape index (κ2) is 7.36. The number of benzene rings is 2. The smallest absolute Gasteiger partial charge is 0.339 e. The van der Waals surface area contributed by atoms with Crippen LogP contribution in [-0.2, 0) is 10.2 Å². The summed E-state index contributed by atoms with van der Waals surface area (Å²) in [5, 5.41) is 18.9. The molecule has 2 aromatic rings. The Morgan fingerprint density at radius 2 is 1.67 bits per heavy atom. The molecule has 0 aliphatic rings. The Hall–Kier alpha value is -2.53. The molecule has 0 aliphatic carbocycles. The summed E-state index contributed by atoms with van der Waals surface area (Å²) in [6.45, 7) is 5.02. The first kappa shape index (κ1) is 17.8. The zero-order valence-electron chi connectivity index (χ0n) is 14.1. The monoisotopic (exact) mass is 330 g/mol. The van der Waals surface area contributed by atoms with Gasteiger partial charge in [-0.3, -0.25) is 0 Å². The van der Waals surface area contributed by atoms with Gasteiger partial charge in [-0.25, -0.2) is 4.79 Å². The molecule has 0 atom stereocenters. The van der Waals surface area contributed by atoms with E-state index in [1.54, 1.807) is 13.2 Å². The molecule has 0 aliphatic heterocycles. The van der Waals surface area contributed by atoms with Crippen molar-refractivity contribution < 1.29 is 24.5 Å². The lowest BCUT2D eigenvalue weighted by atomic mass is 9.77. The molecule has 2 N–H and O–H groups in total. The number of rotatable bonds is 7. The number of aromatic carboxylic acids is 1. The quantitative estimate of drug-likeness (QED) is 0.761. The highest BCUT2D eigenvalue weighted by Gasteiger charge is 2.25. The van der Waals surface area contributed by atoms with Crippen LogP contribution < -0.4 is 4.74 Å². The number of aromatic hydroxyl groups is 1. The molecule has 0 saturated heterocycles. The molecule has 0 unspecified atom stereocenters. The minimum atomic E-state index is -1.15. The highest BCUT2D eigenvalue weighted by molar-refractivity contribution is 5.91. The van der Waals surface area contributed by atoms with E-state index in [-0.39, 0.29) is 11.3 Å². The molecule has 5 heteroatoms. The van der Waals surface area contributed by atoms with E-state index in [0.29, 0.717) is 13.2 Å². The van der Waals surface area contributed by atoms with Gasteiger partial charge in [-0.1, -0.05) is 32.0 Å². The number of ether oxygens (including phenoxy) is 2. The molecule has 0 aromatic heterocycles. The van der Waals surface area contributed by atoms with Gasteiger partial charge in [0.05, 0.1) is 6.61 Å². The van der Waals surface area contributed by atoms with E-state index in [2.05, 4.69) is 0 Å². The van der Waals surface area contributed by atoms with Gasteiger partial charge in [0.15, 0.2) is 0 Å². The predicted molar refractivity (Wildman–Crippen MR) is 91.0 cm³/mol. The van der Waals surface area contributed by atoms with Crippen LogP contribution >= 0.6 is 0 Å². The average Bonchev–Trinajstić information content (AvgIpc) is 2.55. The SMILES string of the molecule is COCCOc1ccc(C(C)(C)c2ccc(O)c(C(=O)O)c2)cc1. The van der Waals surface area contributed by atoms with Crippen LogP contribution in [0.5, 0.6) is 11.5 Å². The molecule has 0 radical (unpaired) electrons. The third-order valence-corrected chi connectivity index (χ3v) is 4.08. The Kier molecular flexibility index (Phi) is 5.46. The van der Waals surface area contributed by atoms with E-state index in [1.165, 1.54) is 12.1 Å². The van der Waals surface area contributed by atoms with Crippen molar-refractivity contribution in [3.8, 4) is 11.5 Å². The summed E-state index contributed by atoms with van der Waals surface area (Å²) in [6.07, 6.45) is 0. The number of carboxylic acids is 1. The fraction of sp³-hybridized carbons (Fsp3) is 0.316. The van der Waals surface area contributed by atoms with Gasteiger partial charge in [0.2, 0.25) is 0 Å². The third-order valence-electron chi connectivity index (χ3n) is 4.08. The Morgan fingerprint density at radius 1 is 1.04 bits per heavy atom. The average molecular weight is 330 g/mol. The first-order valence-corrected chi connectivity index (χ1v) is 7.65. The first-order valence-electron chi connectivity index (χ1n) is 7.65. The minimum Gasteiger partial charge on any atom is -0.507 e. The van der Waals surface area contributed by atoms with Gasteiger partial charge in [-0.15, -0.1) is 0 Å². The van der Waals surface area contributed by atoms with Crippen LogP contribution in [0, 0.1) is 0 Å². The lowest BCUT2D eigenvalue weighted by Crippen LogP contribution is -2.19. The van der Waals surface area contributed by atoms with Crippen molar-refractivity contribution in [2.75, 3.05) is 20.3 Å². The standard InChI is InChI=1S/C19H22O5/c1-19(2,14-6-9-17(20)16(12-14)18(21)22)13-4-7-15(8-5-13)24-11-10-23-3/h4-9,12,20H,10-11H2,1-3H3,(H,21,22). The molecule has 5 nitrogen and oxygen atoms in total. The summed E-state index contributed by atoms with van der Waals surface area (Å²) in [5.41, 5.74) is 1.32. The maximum atomic E-state index is 11.2. The van der Waals surface area contributed by atoms with Gasteiger partial charge in [0, 0.05) is 12.5 Å². The number of carboxylic acid groups (broad SMARTS) is 1. The van der Waals surface area contributed by atoms with E-state index in [4.69, 9.17) is 9.47 Å². The Labute approximate surface area is 141 Å². The molecular weight excluding hydrogens is 308 g/mol. The minimum absolute atomic E-state index is 0.0971. The van der Waals surface area contributed by atoms with Crippen LogP contribution in [0.3, 0.4) is 0 Å². The first-order chi connectivity index (χ1) is 11.4. The Bertz CT molecular complexity index is 704. The second-order valence-electron chi connectivity index (χ2n) is 6.03. The van der Waals surface area contributed by atoms with Gasteiger partial charge in [0.25, 0.3) is 0 Å². The Morgan fingerprint density at radius 3 is 2.25 bits per heavy atom. The molecule has 24 heavy (non-hydrogen) atoms. The van der Waals surface area contributed by atoms with Crippen LogP contribution in [-0.4, -0.2) is 36.5 Å². The van der Waals surface area contributed by atoms with Gasteiger partial charge in [0.1, 0.15) is 23.7 Å². The van der Waals surface area contributed by atoms with E-state index < -0.39 is 11.4 Å². The van der Waals surface area contributed by atoms with Crippen LogP contribution in [0.25, 0.3) is 0 Å². The molecule has 2 aromatic carbocycles. The number of phenols is 1. The van der Waals surface area contributed by atoms with E-state index in [9.17, 15) is 15.0 Å². The summed E-state index contributed by atoms with van der Waals surface area (Å²) in [7, 11) is 1.62. The second-order valence-corrected chi connectivity index (χ2v) is 6.03. The molecule has 0 spiro atoms. The molecule has 0 amide bonds. The van der Waals surface area contributed by atoms with Crippen LogP contribution in [0.1, 0.15) is 35.3 Å². The molecular formula is C19H22O5. The van der Waals surface area contributed by atoms with E-state index in [1.807, 2.05) is 38.1 Å². The van der Waals surface area contributed by atoms with Crippen molar-refractivity contribution in [2.24, 2.45) is 0 Å². The van der Waals surface area contributed by atoms with Gasteiger partial charge < -0.3 is 19.7 Å². The molecule has 2 rings (SSSR count). The van der Waals surface area contributed by atoms with Crippen LogP contribution in [0.4, 0.5) is 0 Å². The number of hydrogen-bond acceptors (Lipinski definition) is 4. The van der Waals surface area contributed by atoms with Crippen molar-refractivity contribution in [3.63, 3.8) is 0 Å². The molecule has 0 bridgehead atoms. The summed E-state index contributed by atoms with van der Waals surface area (Å²) in [5.74, 6) is -0.625. The van der Waals surface area contributed by atoms with Crippen molar-refractivity contribution in [1.29, 1.82) is 0 Å². The fourth-order valence-electron chi connectivity index (χ4n) is 2.47. The zero-order chi connectivity index (χ0) is 17.7. The highest BCUT2D eigenvalue weighted by Crippen LogP contribution is 2.34. The number of hydrogen-bond donors (Lipinski definition) is 2. The maximum absolute atomic E-state index is 11.2. The van der Waals surface area contributed by atoms with Crippen molar-refractivity contribution in [1.82, 2.24) is 0 Å². The zero-order valence-corrected chi connectivity index (χ0v) is 14.1. The molecule has 0 heterocycles. The van der Waals surface area contributed by atoms with E-state index in [0.717, 1.165) is 16.9 Å². The van der Waals surface area contributed by atoms with E-state index >= 15 is 0 Å². The summed E-state index contributed by atoms with van der Waals surface area (Å²) in [4.78, 5) is 11.2. The summed E-state index contributed by atoms with van der Waals surface area (Å²) < 4.78 is 10.5.